The molecular weight excluding hydrogens is 426 g/mol. The Kier molecular flexibility index (Phi) is 4.62. The number of nitrogens with zero attached hydrogens (tertiary/aromatic N) is 5. The van der Waals surface area contributed by atoms with Crippen LogP contribution >= 0.6 is 15.9 Å². The second-order valence-electron chi connectivity index (χ2n) is 6.70. The largest absolute Gasteiger partial charge is 0.238 e. The van der Waals surface area contributed by atoms with E-state index in [0.29, 0.717) is 6.54 Å². The molecule has 0 saturated heterocycles. The first-order valence-electron chi connectivity index (χ1n) is 9.25. The van der Waals surface area contributed by atoms with E-state index in [4.69, 9.17) is 0 Å². The molecule has 140 valence electrons. The van der Waals surface area contributed by atoms with Gasteiger partial charge in [0.2, 0.25) is 0 Å². The van der Waals surface area contributed by atoms with Crippen molar-refractivity contribution in [3.05, 3.63) is 95.0 Å². The standard InChI is InChI=1S/C23H16BrN5/c24-19-13-11-16(12-14-19)15-29-23-21(18-9-5-2-6-10-18)26-25-20(22(23)27-28-29)17-7-3-1-4-8-17/h1-14H,15H2. The molecule has 5 nitrogen and oxygen atoms in total. The zero-order chi connectivity index (χ0) is 19.6. The third-order valence-electron chi connectivity index (χ3n) is 4.77. The van der Waals surface area contributed by atoms with E-state index in [1.165, 1.54) is 0 Å². The summed E-state index contributed by atoms with van der Waals surface area (Å²) in [5.41, 5.74) is 6.25. The van der Waals surface area contributed by atoms with E-state index in [0.717, 1.165) is 43.6 Å². The molecule has 0 aliphatic carbocycles. The summed E-state index contributed by atoms with van der Waals surface area (Å²) in [7, 11) is 0. The monoisotopic (exact) mass is 441 g/mol. The Bertz CT molecular complexity index is 1270. The van der Waals surface area contributed by atoms with Gasteiger partial charge in [-0.25, -0.2) is 4.68 Å². The minimum Gasteiger partial charge on any atom is -0.238 e. The summed E-state index contributed by atoms with van der Waals surface area (Å²) in [6, 6.07) is 28.2. The first-order chi connectivity index (χ1) is 14.3. The molecule has 0 radical (unpaired) electrons. The number of hydrogen-bond acceptors (Lipinski definition) is 4. The Morgan fingerprint density at radius 2 is 1.24 bits per heavy atom. The average Bonchev–Trinajstić information content (AvgIpc) is 3.20. The molecule has 0 N–H and O–H groups in total. The van der Waals surface area contributed by atoms with Gasteiger partial charge in [-0.1, -0.05) is 93.9 Å². The normalized spacial score (nSPS) is 11.1. The first-order valence-corrected chi connectivity index (χ1v) is 10.0. The summed E-state index contributed by atoms with van der Waals surface area (Å²) < 4.78 is 2.95. The number of rotatable bonds is 4. The Morgan fingerprint density at radius 3 is 1.90 bits per heavy atom. The molecule has 0 aliphatic heterocycles. The van der Waals surface area contributed by atoms with Crippen molar-refractivity contribution in [1.29, 1.82) is 0 Å². The van der Waals surface area contributed by atoms with Gasteiger partial charge < -0.3 is 0 Å². The molecule has 29 heavy (non-hydrogen) atoms. The number of hydrogen-bond donors (Lipinski definition) is 0. The highest BCUT2D eigenvalue weighted by Crippen LogP contribution is 2.31. The van der Waals surface area contributed by atoms with Crippen LogP contribution in [0.25, 0.3) is 33.5 Å². The first kappa shape index (κ1) is 17.7. The number of benzene rings is 3. The number of aromatic nitrogens is 5. The predicted molar refractivity (Wildman–Crippen MR) is 117 cm³/mol. The number of fused-ring (bicyclic) bond motifs is 1. The summed E-state index contributed by atoms with van der Waals surface area (Å²) in [6.07, 6.45) is 0. The lowest BCUT2D eigenvalue weighted by atomic mass is 10.1. The van der Waals surface area contributed by atoms with E-state index in [-0.39, 0.29) is 0 Å². The van der Waals surface area contributed by atoms with Crippen LogP contribution in [0, 0.1) is 0 Å². The van der Waals surface area contributed by atoms with Gasteiger partial charge in [0.1, 0.15) is 22.4 Å². The molecule has 6 heteroatoms. The SMILES string of the molecule is Brc1ccc(Cn2nnc3c(-c4ccccc4)nnc(-c4ccccc4)c32)cc1. The van der Waals surface area contributed by atoms with E-state index in [1.54, 1.807) is 0 Å². The molecule has 5 aromatic rings. The Labute approximate surface area is 176 Å². The van der Waals surface area contributed by atoms with Crippen LogP contribution in [-0.2, 0) is 6.54 Å². The lowest BCUT2D eigenvalue weighted by Crippen LogP contribution is -2.04. The van der Waals surface area contributed by atoms with Gasteiger partial charge in [-0.05, 0) is 17.7 Å². The average molecular weight is 442 g/mol. The van der Waals surface area contributed by atoms with Crippen molar-refractivity contribution < 1.29 is 0 Å². The summed E-state index contributed by atoms with van der Waals surface area (Å²) >= 11 is 3.49. The van der Waals surface area contributed by atoms with Crippen LogP contribution in [0.5, 0.6) is 0 Å². The van der Waals surface area contributed by atoms with Gasteiger partial charge >= 0.3 is 0 Å². The quantitative estimate of drug-likeness (QED) is 0.376. The zero-order valence-corrected chi connectivity index (χ0v) is 17.0. The van der Waals surface area contributed by atoms with Crippen molar-refractivity contribution in [2.24, 2.45) is 0 Å². The van der Waals surface area contributed by atoms with Crippen molar-refractivity contribution in [2.45, 2.75) is 6.54 Å². The summed E-state index contributed by atoms with van der Waals surface area (Å²) in [5, 5.41) is 18.1. The molecule has 0 fully saturated rings. The van der Waals surface area contributed by atoms with Gasteiger partial charge in [-0.2, -0.15) is 0 Å². The van der Waals surface area contributed by atoms with Crippen LogP contribution < -0.4 is 0 Å². The van der Waals surface area contributed by atoms with E-state index < -0.39 is 0 Å². The third kappa shape index (κ3) is 3.43. The fourth-order valence-corrected chi connectivity index (χ4v) is 3.62. The molecule has 0 aliphatic rings. The maximum atomic E-state index is 4.58. The highest BCUT2D eigenvalue weighted by atomic mass is 79.9. The van der Waals surface area contributed by atoms with Crippen molar-refractivity contribution in [3.63, 3.8) is 0 Å². The summed E-state index contributed by atoms with van der Waals surface area (Å²) in [6.45, 7) is 0.601. The lowest BCUT2D eigenvalue weighted by Gasteiger charge is -2.09. The second-order valence-corrected chi connectivity index (χ2v) is 7.62. The molecule has 0 saturated carbocycles. The maximum absolute atomic E-state index is 4.58. The van der Waals surface area contributed by atoms with Gasteiger partial charge in [-0.15, -0.1) is 15.3 Å². The second kappa shape index (κ2) is 7.56. The topological polar surface area (TPSA) is 56.5 Å². The fraction of sp³-hybridized carbons (Fsp3) is 0.0435. The highest BCUT2D eigenvalue weighted by Gasteiger charge is 2.19. The molecule has 5 rings (SSSR count). The zero-order valence-electron chi connectivity index (χ0n) is 15.4. The molecule has 0 amide bonds. The molecule has 0 spiro atoms. The van der Waals surface area contributed by atoms with Crippen LogP contribution in [0.4, 0.5) is 0 Å². The van der Waals surface area contributed by atoms with E-state index >= 15 is 0 Å². The van der Waals surface area contributed by atoms with Crippen molar-refractivity contribution in [1.82, 2.24) is 25.2 Å². The van der Waals surface area contributed by atoms with Gasteiger partial charge in [0.05, 0.1) is 6.54 Å². The van der Waals surface area contributed by atoms with Crippen LogP contribution in [0.15, 0.2) is 89.4 Å². The highest BCUT2D eigenvalue weighted by molar-refractivity contribution is 9.10. The Balaban J connectivity index is 1.72. The van der Waals surface area contributed by atoms with E-state index in [1.807, 2.05) is 77.5 Å². The third-order valence-corrected chi connectivity index (χ3v) is 5.30. The predicted octanol–water partition coefficient (Wildman–Crippen LogP) is 5.37. The van der Waals surface area contributed by atoms with Crippen LogP contribution in [0.1, 0.15) is 5.56 Å². The Hall–Kier alpha value is -3.38. The molecule has 0 unspecified atom stereocenters. The van der Waals surface area contributed by atoms with Gasteiger partial charge in [0.25, 0.3) is 0 Å². The van der Waals surface area contributed by atoms with Crippen molar-refractivity contribution >= 4 is 27.0 Å². The minimum absolute atomic E-state index is 0.601. The maximum Gasteiger partial charge on any atom is 0.143 e. The van der Waals surface area contributed by atoms with Crippen LogP contribution in [0.2, 0.25) is 0 Å². The molecule has 0 bridgehead atoms. The summed E-state index contributed by atoms with van der Waals surface area (Å²) in [4.78, 5) is 0. The van der Waals surface area contributed by atoms with Gasteiger partial charge in [0.15, 0.2) is 0 Å². The lowest BCUT2D eigenvalue weighted by molar-refractivity contribution is 0.669. The fourth-order valence-electron chi connectivity index (χ4n) is 3.36. The molecular formula is C23H16BrN5. The smallest absolute Gasteiger partial charge is 0.143 e. The van der Waals surface area contributed by atoms with Gasteiger partial charge in [-0.3, -0.25) is 0 Å². The Morgan fingerprint density at radius 1 is 0.655 bits per heavy atom. The molecule has 0 atom stereocenters. The number of halogens is 1. The van der Waals surface area contributed by atoms with Crippen LogP contribution in [0.3, 0.4) is 0 Å². The van der Waals surface area contributed by atoms with E-state index in [9.17, 15) is 0 Å². The van der Waals surface area contributed by atoms with Gasteiger partial charge in [0, 0.05) is 15.6 Å². The minimum atomic E-state index is 0.601. The molecule has 2 heterocycles. The van der Waals surface area contributed by atoms with Crippen molar-refractivity contribution in [3.8, 4) is 22.5 Å². The molecule has 3 aromatic carbocycles. The van der Waals surface area contributed by atoms with Crippen molar-refractivity contribution in [2.75, 3.05) is 0 Å². The molecule has 2 aromatic heterocycles. The van der Waals surface area contributed by atoms with Crippen LogP contribution in [-0.4, -0.2) is 25.2 Å². The van der Waals surface area contributed by atoms with E-state index in [2.05, 4.69) is 48.6 Å². The summed E-state index contributed by atoms with van der Waals surface area (Å²) in [5.74, 6) is 0.